The summed E-state index contributed by atoms with van der Waals surface area (Å²) in [5, 5.41) is 9.73. The van der Waals surface area contributed by atoms with Gasteiger partial charge in [-0.3, -0.25) is 9.97 Å². The fourth-order valence-corrected chi connectivity index (χ4v) is 8.30. The van der Waals surface area contributed by atoms with Crippen LogP contribution < -0.4 is 0 Å². The van der Waals surface area contributed by atoms with E-state index in [0.29, 0.717) is 5.82 Å². The zero-order chi connectivity index (χ0) is 37.0. The van der Waals surface area contributed by atoms with Gasteiger partial charge >= 0.3 is 0 Å². The van der Waals surface area contributed by atoms with Crippen LogP contribution in [0.15, 0.2) is 195 Å². The fourth-order valence-electron chi connectivity index (χ4n) is 8.30. The molecule has 8 aromatic carbocycles. The summed E-state index contributed by atoms with van der Waals surface area (Å²) in [5.74, 6) is 0.653. The third kappa shape index (κ3) is 5.39. The van der Waals surface area contributed by atoms with Gasteiger partial charge in [0.2, 0.25) is 0 Å². The van der Waals surface area contributed by atoms with Gasteiger partial charge in [0, 0.05) is 46.2 Å². The molecule has 11 rings (SSSR count). The Kier molecular flexibility index (Phi) is 7.46. The van der Waals surface area contributed by atoms with Gasteiger partial charge in [0.1, 0.15) is 0 Å². The summed E-state index contributed by atoms with van der Waals surface area (Å²) < 4.78 is 0. The van der Waals surface area contributed by atoms with Crippen molar-refractivity contribution in [2.24, 2.45) is 0 Å². The average Bonchev–Trinajstić information content (AvgIpc) is 3.28. The van der Waals surface area contributed by atoms with E-state index < -0.39 is 0 Å². The summed E-state index contributed by atoms with van der Waals surface area (Å²) in [5.41, 5.74) is 11.3. The Balaban J connectivity index is 1.09. The highest BCUT2D eigenvalue weighted by Crippen LogP contribution is 2.43. The Hall–Kier alpha value is -7.56. The predicted octanol–water partition coefficient (Wildman–Crippen LogP) is 13.3. The number of pyridine rings is 2. The Labute approximate surface area is 323 Å². The average molecular weight is 713 g/mol. The zero-order valence-electron chi connectivity index (χ0n) is 30.3. The molecule has 56 heavy (non-hydrogen) atoms. The van der Waals surface area contributed by atoms with Gasteiger partial charge < -0.3 is 0 Å². The van der Waals surface area contributed by atoms with E-state index in [-0.39, 0.29) is 0 Å². The molecule has 0 radical (unpaired) electrons. The molecular formula is C52H32N4. The van der Waals surface area contributed by atoms with Crippen molar-refractivity contribution < 1.29 is 0 Å². The first-order chi connectivity index (χ1) is 27.7. The molecular weight excluding hydrogens is 681 g/mol. The minimum absolute atomic E-state index is 0.653. The van der Waals surface area contributed by atoms with Gasteiger partial charge in [-0.2, -0.15) is 0 Å². The second-order valence-electron chi connectivity index (χ2n) is 14.3. The molecule has 0 atom stereocenters. The van der Waals surface area contributed by atoms with Crippen LogP contribution >= 0.6 is 0 Å². The van der Waals surface area contributed by atoms with Crippen molar-refractivity contribution in [3.8, 4) is 67.4 Å². The fraction of sp³-hybridized carbons (Fsp3) is 0. The molecule has 0 aliphatic carbocycles. The molecule has 3 aromatic heterocycles. The smallest absolute Gasteiger partial charge is 0.160 e. The topological polar surface area (TPSA) is 51.6 Å². The first-order valence-corrected chi connectivity index (χ1v) is 18.9. The molecule has 0 amide bonds. The van der Waals surface area contributed by atoms with Crippen LogP contribution in [0.3, 0.4) is 0 Å². The molecule has 0 unspecified atom stereocenters. The highest BCUT2D eigenvalue weighted by atomic mass is 14.9. The summed E-state index contributed by atoms with van der Waals surface area (Å²) in [4.78, 5) is 19.8. The van der Waals surface area contributed by atoms with E-state index in [9.17, 15) is 0 Å². The zero-order valence-corrected chi connectivity index (χ0v) is 30.3. The molecule has 11 aromatic rings. The van der Waals surface area contributed by atoms with E-state index in [1.807, 2.05) is 42.9 Å². The molecule has 0 aliphatic heterocycles. The number of nitrogens with zero attached hydrogens (tertiary/aromatic N) is 4. The predicted molar refractivity (Wildman–Crippen MR) is 231 cm³/mol. The second-order valence-corrected chi connectivity index (χ2v) is 14.3. The summed E-state index contributed by atoms with van der Waals surface area (Å²) in [6.07, 6.45) is 5.64. The van der Waals surface area contributed by atoms with Crippen molar-refractivity contribution >= 4 is 43.1 Å². The lowest BCUT2D eigenvalue weighted by Crippen LogP contribution is -1.97. The summed E-state index contributed by atoms with van der Waals surface area (Å²) in [6.45, 7) is 0. The largest absolute Gasteiger partial charge is 0.263 e. The number of aromatic nitrogens is 4. The van der Waals surface area contributed by atoms with Gasteiger partial charge in [0.15, 0.2) is 5.82 Å². The summed E-state index contributed by atoms with van der Waals surface area (Å²) in [7, 11) is 0. The Morgan fingerprint density at radius 1 is 0.321 bits per heavy atom. The highest BCUT2D eigenvalue weighted by molar-refractivity contribution is 6.27. The van der Waals surface area contributed by atoms with Gasteiger partial charge in [0.05, 0.1) is 17.1 Å². The van der Waals surface area contributed by atoms with Crippen LogP contribution in [-0.2, 0) is 0 Å². The second kappa shape index (κ2) is 13.1. The van der Waals surface area contributed by atoms with E-state index in [2.05, 4.69) is 162 Å². The molecule has 3 heterocycles. The number of fused-ring (bicyclic) bond motifs is 1. The first kappa shape index (κ1) is 31.9. The van der Waals surface area contributed by atoms with Crippen LogP contribution in [-0.4, -0.2) is 19.9 Å². The lowest BCUT2D eigenvalue weighted by atomic mass is 9.87. The molecule has 0 saturated heterocycles. The molecule has 0 aliphatic rings. The van der Waals surface area contributed by atoms with Crippen molar-refractivity contribution in [3.05, 3.63) is 195 Å². The molecule has 4 heteroatoms. The van der Waals surface area contributed by atoms with Gasteiger partial charge in [-0.05, 0) is 90.3 Å². The van der Waals surface area contributed by atoms with E-state index in [4.69, 9.17) is 9.97 Å². The van der Waals surface area contributed by atoms with Gasteiger partial charge in [0.25, 0.3) is 0 Å². The lowest BCUT2D eigenvalue weighted by Gasteiger charge is -2.17. The van der Waals surface area contributed by atoms with Crippen molar-refractivity contribution in [2.45, 2.75) is 0 Å². The summed E-state index contributed by atoms with van der Waals surface area (Å²) in [6, 6.07) is 62.3. The molecule has 4 nitrogen and oxygen atoms in total. The monoisotopic (exact) mass is 712 g/mol. The number of hydrogen-bond donors (Lipinski definition) is 0. The van der Waals surface area contributed by atoms with Crippen molar-refractivity contribution in [2.75, 3.05) is 0 Å². The standard InChI is InChI=1S/C52H32N4/c1-2-10-33(11-3-1)42-23-19-34-22-26-45-43(24-20-35-21-25-44(42)50(34)51(35)45)36-13-8-16-39(28-36)52-55-48(38-15-9-14-37(29-38)47-18-6-7-27-54-47)30-49(56-52)46-32-53-31-40-12-4-5-17-41(40)46/h1-32H. The van der Waals surface area contributed by atoms with E-state index in [1.54, 1.807) is 0 Å². The van der Waals surface area contributed by atoms with Crippen LogP contribution in [0.25, 0.3) is 111 Å². The van der Waals surface area contributed by atoms with E-state index >= 15 is 0 Å². The quantitative estimate of drug-likeness (QED) is 0.161. The SMILES string of the molecule is c1ccc(-c2ccc3ccc4c(-c5cccc(-c6nc(-c7cccc(-c8ccccn8)c7)cc(-c7cncc8ccccc78)n6)c5)ccc5ccc2c3c54)cc1. The van der Waals surface area contributed by atoms with E-state index in [0.717, 1.165) is 55.7 Å². The Morgan fingerprint density at radius 3 is 1.70 bits per heavy atom. The van der Waals surface area contributed by atoms with Crippen molar-refractivity contribution in [3.63, 3.8) is 0 Å². The number of hydrogen-bond acceptors (Lipinski definition) is 4. The molecule has 0 bridgehead atoms. The Bertz CT molecular complexity index is 3240. The van der Waals surface area contributed by atoms with Crippen LogP contribution in [0.4, 0.5) is 0 Å². The van der Waals surface area contributed by atoms with Crippen LogP contribution in [0.2, 0.25) is 0 Å². The van der Waals surface area contributed by atoms with Crippen LogP contribution in [0.1, 0.15) is 0 Å². The lowest BCUT2D eigenvalue weighted by molar-refractivity contribution is 1.18. The van der Waals surface area contributed by atoms with Gasteiger partial charge in [-0.1, -0.05) is 146 Å². The molecule has 0 spiro atoms. The summed E-state index contributed by atoms with van der Waals surface area (Å²) >= 11 is 0. The van der Waals surface area contributed by atoms with Gasteiger partial charge in [-0.25, -0.2) is 9.97 Å². The minimum Gasteiger partial charge on any atom is -0.263 e. The van der Waals surface area contributed by atoms with Crippen LogP contribution in [0.5, 0.6) is 0 Å². The van der Waals surface area contributed by atoms with Crippen molar-refractivity contribution in [1.82, 2.24) is 19.9 Å². The maximum Gasteiger partial charge on any atom is 0.160 e. The maximum atomic E-state index is 5.27. The molecule has 0 saturated carbocycles. The first-order valence-electron chi connectivity index (χ1n) is 18.9. The van der Waals surface area contributed by atoms with Crippen LogP contribution in [0, 0.1) is 0 Å². The minimum atomic E-state index is 0.653. The van der Waals surface area contributed by atoms with Crippen molar-refractivity contribution in [1.29, 1.82) is 0 Å². The molecule has 0 fully saturated rings. The van der Waals surface area contributed by atoms with Gasteiger partial charge in [-0.15, -0.1) is 0 Å². The Morgan fingerprint density at radius 2 is 0.929 bits per heavy atom. The highest BCUT2D eigenvalue weighted by Gasteiger charge is 2.17. The normalized spacial score (nSPS) is 11.6. The molecule has 260 valence electrons. The molecule has 0 N–H and O–H groups in total. The number of benzene rings is 8. The maximum absolute atomic E-state index is 5.27. The third-order valence-corrected chi connectivity index (χ3v) is 11.0. The third-order valence-electron chi connectivity index (χ3n) is 11.0. The number of rotatable bonds is 6. The van der Waals surface area contributed by atoms with E-state index in [1.165, 1.54) is 49.0 Å².